The number of nitrogens with one attached hydrogen (secondary N) is 1. The van der Waals surface area contributed by atoms with Crippen LogP contribution in [0.25, 0.3) is 0 Å². The molecule has 0 aliphatic heterocycles. The molecule has 1 heterocycles. The molecule has 7 heteroatoms. The van der Waals surface area contributed by atoms with E-state index in [0.29, 0.717) is 12.3 Å². The van der Waals surface area contributed by atoms with Crippen molar-refractivity contribution < 1.29 is 22.4 Å². The van der Waals surface area contributed by atoms with Gasteiger partial charge in [0.05, 0.1) is 19.6 Å². The van der Waals surface area contributed by atoms with E-state index >= 15 is 0 Å². The SMILES string of the molecule is Cc1ccc(CN(C(=O)CNCC(F)(F)F)C2CC2)o1. The largest absolute Gasteiger partial charge is 0.464 e. The predicted octanol–water partition coefficient (Wildman–Crippen LogP) is 2.23. The van der Waals surface area contributed by atoms with Gasteiger partial charge in [-0.05, 0) is 31.9 Å². The quantitative estimate of drug-likeness (QED) is 0.874. The maximum atomic E-state index is 12.0. The summed E-state index contributed by atoms with van der Waals surface area (Å²) in [6.07, 6.45) is -2.52. The summed E-state index contributed by atoms with van der Waals surface area (Å²) in [6, 6.07) is 3.70. The van der Waals surface area contributed by atoms with Crippen LogP contribution in [0.2, 0.25) is 0 Å². The summed E-state index contributed by atoms with van der Waals surface area (Å²) in [5.41, 5.74) is 0. The molecule has 1 fully saturated rings. The summed E-state index contributed by atoms with van der Waals surface area (Å²) in [5.74, 6) is 1.07. The average molecular weight is 290 g/mol. The molecule has 0 aromatic carbocycles. The summed E-state index contributed by atoms with van der Waals surface area (Å²) in [7, 11) is 0. The highest BCUT2D eigenvalue weighted by molar-refractivity contribution is 5.78. The molecule has 1 aromatic rings. The third kappa shape index (κ3) is 4.56. The Morgan fingerprint density at radius 2 is 2.15 bits per heavy atom. The molecule has 20 heavy (non-hydrogen) atoms. The van der Waals surface area contributed by atoms with E-state index in [1.165, 1.54) is 0 Å². The van der Waals surface area contributed by atoms with Crippen LogP contribution in [-0.2, 0) is 11.3 Å². The molecule has 0 spiro atoms. The van der Waals surface area contributed by atoms with Crippen LogP contribution >= 0.6 is 0 Å². The number of rotatable bonds is 6. The molecule has 0 saturated heterocycles. The topological polar surface area (TPSA) is 45.5 Å². The number of halogens is 3. The molecule has 2 rings (SSSR count). The van der Waals surface area contributed by atoms with E-state index < -0.39 is 12.7 Å². The van der Waals surface area contributed by atoms with Crippen LogP contribution in [0.5, 0.6) is 0 Å². The monoisotopic (exact) mass is 290 g/mol. The van der Waals surface area contributed by atoms with Gasteiger partial charge in [0.2, 0.25) is 5.91 Å². The summed E-state index contributed by atoms with van der Waals surface area (Å²) in [5, 5.41) is 2.13. The number of nitrogens with zero attached hydrogens (tertiary/aromatic N) is 1. The standard InChI is InChI=1S/C13H17F3N2O2/c1-9-2-5-11(20-9)7-18(10-3-4-10)12(19)6-17-8-13(14,15)16/h2,5,10,17H,3-4,6-8H2,1H3. The lowest BCUT2D eigenvalue weighted by Gasteiger charge is -2.21. The van der Waals surface area contributed by atoms with Gasteiger partial charge in [-0.15, -0.1) is 0 Å². The van der Waals surface area contributed by atoms with E-state index in [0.717, 1.165) is 18.6 Å². The van der Waals surface area contributed by atoms with Crippen LogP contribution in [0.15, 0.2) is 16.5 Å². The molecule has 112 valence electrons. The fourth-order valence-electron chi connectivity index (χ4n) is 1.96. The molecule has 1 N–H and O–H groups in total. The van der Waals surface area contributed by atoms with E-state index in [1.54, 1.807) is 24.0 Å². The molecular weight excluding hydrogens is 273 g/mol. The van der Waals surface area contributed by atoms with Gasteiger partial charge in [-0.2, -0.15) is 13.2 Å². The van der Waals surface area contributed by atoms with Gasteiger partial charge in [-0.25, -0.2) is 0 Å². The molecule has 0 bridgehead atoms. The first-order valence-corrected chi connectivity index (χ1v) is 6.47. The van der Waals surface area contributed by atoms with Crippen molar-refractivity contribution in [3.63, 3.8) is 0 Å². The van der Waals surface area contributed by atoms with Crippen molar-refractivity contribution in [1.29, 1.82) is 0 Å². The molecule has 0 atom stereocenters. The van der Waals surface area contributed by atoms with Crippen LogP contribution in [0.1, 0.15) is 24.4 Å². The molecule has 4 nitrogen and oxygen atoms in total. The zero-order valence-electron chi connectivity index (χ0n) is 11.2. The van der Waals surface area contributed by atoms with Crippen LogP contribution in [0.4, 0.5) is 13.2 Å². The summed E-state index contributed by atoms with van der Waals surface area (Å²) in [4.78, 5) is 13.6. The normalized spacial score (nSPS) is 15.4. The van der Waals surface area contributed by atoms with Crippen LogP contribution in [0, 0.1) is 6.92 Å². The minimum Gasteiger partial charge on any atom is -0.464 e. The van der Waals surface area contributed by atoms with Crippen LogP contribution in [-0.4, -0.2) is 36.1 Å². The van der Waals surface area contributed by atoms with Crippen molar-refractivity contribution in [2.75, 3.05) is 13.1 Å². The molecular formula is C13H17F3N2O2. The Morgan fingerprint density at radius 1 is 1.45 bits per heavy atom. The summed E-state index contributed by atoms with van der Waals surface area (Å²) >= 11 is 0. The smallest absolute Gasteiger partial charge is 0.401 e. The first kappa shape index (κ1) is 14.9. The van der Waals surface area contributed by atoms with Crippen molar-refractivity contribution in [3.8, 4) is 0 Å². The third-order valence-electron chi connectivity index (χ3n) is 3.03. The Hall–Kier alpha value is -1.50. The molecule has 1 aliphatic rings. The second kappa shape index (κ2) is 5.87. The molecule has 1 aromatic heterocycles. The van der Waals surface area contributed by atoms with Gasteiger partial charge in [-0.3, -0.25) is 4.79 Å². The number of aryl methyl sites for hydroxylation is 1. The second-order valence-corrected chi connectivity index (χ2v) is 4.98. The molecule has 0 radical (unpaired) electrons. The molecule has 1 aliphatic carbocycles. The zero-order chi connectivity index (χ0) is 14.8. The van der Waals surface area contributed by atoms with E-state index in [9.17, 15) is 18.0 Å². The Bertz CT molecular complexity index is 466. The fourth-order valence-corrected chi connectivity index (χ4v) is 1.96. The Morgan fingerprint density at radius 3 is 2.65 bits per heavy atom. The highest BCUT2D eigenvalue weighted by atomic mass is 19.4. The number of furan rings is 1. The van der Waals surface area contributed by atoms with Crippen LogP contribution in [0.3, 0.4) is 0 Å². The highest BCUT2D eigenvalue weighted by Gasteiger charge is 2.33. The minimum atomic E-state index is -4.30. The number of carbonyl (C=O) groups excluding carboxylic acids is 1. The lowest BCUT2D eigenvalue weighted by Crippen LogP contribution is -2.41. The van der Waals surface area contributed by atoms with E-state index in [-0.39, 0.29) is 18.5 Å². The number of amides is 1. The fraction of sp³-hybridized carbons (Fsp3) is 0.615. The van der Waals surface area contributed by atoms with Crippen molar-refractivity contribution in [2.45, 2.75) is 38.5 Å². The van der Waals surface area contributed by atoms with Crippen molar-refractivity contribution in [2.24, 2.45) is 0 Å². The zero-order valence-corrected chi connectivity index (χ0v) is 11.2. The summed E-state index contributed by atoms with van der Waals surface area (Å²) < 4.78 is 41.5. The predicted molar refractivity (Wildman–Crippen MR) is 65.9 cm³/mol. The van der Waals surface area contributed by atoms with Crippen molar-refractivity contribution in [1.82, 2.24) is 10.2 Å². The first-order valence-electron chi connectivity index (χ1n) is 6.47. The summed E-state index contributed by atoms with van der Waals surface area (Å²) in [6.45, 7) is 0.648. The first-order chi connectivity index (χ1) is 9.35. The van der Waals surface area contributed by atoms with Crippen molar-refractivity contribution >= 4 is 5.91 Å². The molecule has 1 saturated carbocycles. The Labute approximate surface area is 114 Å². The van der Waals surface area contributed by atoms with E-state index in [1.807, 2.05) is 0 Å². The average Bonchev–Trinajstić information content (AvgIpc) is 3.08. The van der Waals surface area contributed by atoms with Crippen LogP contribution < -0.4 is 5.32 Å². The third-order valence-corrected chi connectivity index (χ3v) is 3.03. The number of hydrogen-bond acceptors (Lipinski definition) is 3. The van der Waals surface area contributed by atoms with Gasteiger partial charge in [0, 0.05) is 6.04 Å². The maximum Gasteiger partial charge on any atom is 0.401 e. The maximum absolute atomic E-state index is 12.0. The van der Waals surface area contributed by atoms with Gasteiger partial charge in [0.15, 0.2) is 0 Å². The lowest BCUT2D eigenvalue weighted by atomic mass is 10.3. The van der Waals surface area contributed by atoms with Gasteiger partial charge in [-0.1, -0.05) is 0 Å². The van der Waals surface area contributed by atoms with Gasteiger partial charge in [0.25, 0.3) is 0 Å². The Balaban J connectivity index is 1.86. The van der Waals surface area contributed by atoms with Crippen molar-refractivity contribution in [3.05, 3.63) is 23.7 Å². The molecule has 1 amide bonds. The number of hydrogen-bond donors (Lipinski definition) is 1. The number of carbonyl (C=O) groups is 1. The minimum absolute atomic E-state index is 0.126. The second-order valence-electron chi connectivity index (χ2n) is 4.98. The lowest BCUT2D eigenvalue weighted by molar-refractivity contribution is -0.135. The van der Waals surface area contributed by atoms with Gasteiger partial charge >= 0.3 is 6.18 Å². The van der Waals surface area contributed by atoms with E-state index in [4.69, 9.17) is 4.42 Å². The van der Waals surface area contributed by atoms with E-state index in [2.05, 4.69) is 5.32 Å². The number of alkyl halides is 3. The van der Waals surface area contributed by atoms with Gasteiger partial charge in [0.1, 0.15) is 11.5 Å². The Kier molecular flexibility index (Phi) is 4.37. The highest BCUT2D eigenvalue weighted by Crippen LogP contribution is 2.28. The molecule has 0 unspecified atom stereocenters. The van der Waals surface area contributed by atoms with Gasteiger partial charge < -0.3 is 14.6 Å².